The van der Waals surface area contributed by atoms with E-state index < -0.39 is 24.0 Å². The van der Waals surface area contributed by atoms with Crippen LogP contribution in [-0.2, 0) is 27.2 Å². The zero-order chi connectivity index (χ0) is 30.1. The number of likely N-dealkylation sites (N-methyl/N-ethyl adjacent to an activating group) is 1. The molecule has 1 fully saturated rings. The van der Waals surface area contributed by atoms with Crippen molar-refractivity contribution >= 4 is 17.6 Å². The number of aryl methyl sites for hydroxylation is 1. The van der Waals surface area contributed by atoms with E-state index in [0.29, 0.717) is 37.9 Å². The number of Topliss-reactive ketones (excluding diaryl/α,β-unsaturated/α-hetero) is 1. The predicted octanol–water partition coefficient (Wildman–Crippen LogP) is 4.46. The third-order valence-corrected chi connectivity index (χ3v) is 7.69. The molecule has 3 rings (SSSR count). The molecular weight excluding hydrogens is 528 g/mol. The zero-order valence-corrected chi connectivity index (χ0v) is 24.7. The number of nitrogens with zero attached hydrogens (tertiary/aromatic N) is 1. The number of halogens is 2. The second-order valence-corrected chi connectivity index (χ2v) is 11.2. The van der Waals surface area contributed by atoms with E-state index in [1.54, 1.807) is 32.2 Å². The van der Waals surface area contributed by atoms with E-state index in [-0.39, 0.29) is 41.0 Å². The van der Waals surface area contributed by atoms with E-state index in [9.17, 15) is 23.2 Å². The van der Waals surface area contributed by atoms with Gasteiger partial charge in [0.1, 0.15) is 11.9 Å². The number of benzene rings is 2. The monoisotopic (exact) mass is 571 g/mol. The van der Waals surface area contributed by atoms with Crippen LogP contribution in [0.25, 0.3) is 0 Å². The van der Waals surface area contributed by atoms with Gasteiger partial charge in [-0.25, -0.2) is 8.78 Å². The fourth-order valence-corrected chi connectivity index (χ4v) is 4.72. The smallest absolute Gasteiger partial charge is 0.240 e. The molecule has 1 aliphatic carbocycles. The molecule has 0 aromatic heterocycles. The molecule has 2 aromatic carbocycles. The van der Waals surface area contributed by atoms with Crippen LogP contribution >= 0.6 is 0 Å². The van der Waals surface area contributed by atoms with Crippen molar-refractivity contribution in [1.29, 1.82) is 0 Å². The molecule has 224 valence electrons. The van der Waals surface area contributed by atoms with Gasteiger partial charge < -0.3 is 20.3 Å². The maximum atomic E-state index is 14.8. The van der Waals surface area contributed by atoms with Crippen LogP contribution in [0.3, 0.4) is 0 Å². The Morgan fingerprint density at radius 3 is 2.37 bits per heavy atom. The van der Waals surface area contributed by atoms with Crippen LogP contribution in [-0.4, -0.2) is 60.8 Å². The van der Waals surface area contributed by atoms with E-state index in [1.807, 2.05) is 19.9 Å². The maximum absolute atomic E-state index is 14.8. The number of carbonyl (C=O) groups is 3. The van der Waals surface area contributed by atoms with E-state index in [0.717, 1.165) is 18.4 Å². The average Bonchev–Trinajstić information content (AvgIpc) is 3.78. The molecule has 0 spiro atoms. The lowest BCUT2D eigenvalue weighted by atomic mass is 10.0. The van der Waals surface area contributed by atoms with Gasteiger partial charge in [-0.2, -0.15) is 0 Å². The first kappa shape index (κ1) is 32.2. The molecular formula is C32H43F2N3O4. The fraction of sp³-hybridized carbons (Fsp3) is 0.531. The van der Waals surface area contributed by atoms with Crippen molar-refractivity contribution in [2.24, 2.45) is 11.8 Å². The summed E-state index contributed by atoms with van der Waals surface area (Å²) in [5.41, 5.74) is 1.60. The quantitative estimate of drug-likeness (QED) is 0.291. The first-order valence-electron chi connectivity index (χ1n) is 14.4. The van der Waals surface area contributed by atoms with Gasteiger partial charge in [0, 0.05) is 26.1 Å². The lowest BCUT2D eigenvalue weighted by Crippen LogP contribution is -2.52. The summed E-state index contributed by atoms with van der Waals surface area (Å²) in [4.78, 5) is 38.8. The highest BCUT2D eigenvalue weighted by molar-refractivity contribution is 5.89. The number of nitrogens with one attached hydrogen (secondary N) is 2. The third-order valence-electron chi connectivity index (χ3n) is 7.69. The summed E-state index contributed by atoms with van der Waals surface area (Å²) in [7, 11) is 1.64. The van der Waals surface area contributed by atoms with Crippen molar-refractivity contribution in [3.63, 3.8) is 0 Å². The maximum Gasteiger partial charge on any atom is 0.240 e. The van der Waals surface area contributed by atoms with E-state index >= 15 is 0 Å². The van der Waals surface area contributed by atoms with Crippen molar-refractivity contribution in [2.75, 3.05) is 20.1 Å². The van der Waals surface area contributed by atoms with Crippen molar-refractivity contribution in [1.82, 2.24) is 15.5 Å². The number of carbonyl (C=O) groups excluding carboxylic acids is 3. The second-order valence-electron chi connectivity index (χ2n) is 11.2. The molecule has 2 amide bonds. The first-order valence-corrected chi connectivity index (χ1v) is 14.4. The number of rotatable bonds is 16. The molecule has 0 aliphatic heterocycles. The highest BCUT2D eigenvalue weighted by atomic mass is 19.1. The molecule has 0 bridgehead atoms. The molecule has 0 radical (unpaired) electrons. The summed E-state index contributed by atoms with van der Waals surface area (Å²) in [5.74, 6) is -0.925. The number of ketones is 1. The molecule has 1 saturated carbocycles. The number of hydrogen-bond acceptors (Lipinski definition) is 5. The Bertz CT molecular complexity index is 1190. The number of amides is 2. The largest absolute Gasteiger partial charge is 0.486 e. The van der Waals surface area contributed by atoms with Crippen LogP contribution < -0.4 is 15.4 Å². The van der Waals surface area contributed by atoms with Gasteiger partial charge in [-0.15, -0.1) is 0 Å². The van der Waals surface area contributed by atoms with Crippen molar-refractivity contribution in [3.05, 3.63) is 65.2 Å². The summed E-state index contributed by atoms with van der Waals surface area (Å²) < 4.78 is 33.9. The standard InChI is InChI=1S/C32H43F2N3O4/c1-20(18-24-11-15-27(33)16-12-24)31(39)35-17-7-9-26-8-6-10-28(34)30(26)41-21(2)19-36-29(25-13-14-25)32(40)37(5)22(3)23(4)38/h6,8,10-12,15-16,20-22,25,29,36H,7,9,13-14,17-19H2,1-5H3,(H,35,39)/t20-,21-,22-,29+/m1/s1. The summed E-state index contributed by atoms with van der Waals surface area (Å²) in [6, 6.07) is 10.0. The molecule has 2 N–H and O–H groups in total. The third kappa shape index (κ3) is 9.63. The van der Waals surface area contributed by atoms with Gasteiger partial charge >= 0.3 is 0 Å². The van der Waals surface area contributed by atoms with E-state index in [1.165, 1.54) is 30.0 Å². The molecule has 0 heterocycles. The minimum Gasteiger partial charge on any atom is -0.486 e. The van der Waals surface area contributed by atoms with Gasteiger partial charge in [0.25, 0.3) is 0 Å². The van der Waals surface area contributed by atoms with Gasteiger partial charge in [0.05, 0.1) is 12.1 Å². The number of hydrogen-bond donors (Lipinski definition) is 2. The van der Waals surface area contributed by atoms with Crippen LogP contribution in [0.2, 0.25) is 0 Å². The minimum absolute atomic E-state index is 0.0711. The first-order chi connectivity index (χ1) is 19.5. The Morgan fingerprint density at radius 2 is 1.73 bits per heavy atom. The number of ether oxygens (including phenoxy) is 1. The van der Waals surface area contributed by atoms with Gasteiger partial charge in [0.15, 0.2) is 17.3 Å². The van der Waals surface area contributed by atoms with Gasteiger partial charge in [-0.1, -0.05) is 31.2 Å². The van der Waals surface area contributed by atoms with Gasteiger partial charge in [-0.3, -0.25) is 14.4 Å². The highest BCUT2D eigenvalue weighted by Crippen LogP contribution is 2.34. The second kappa shape index (κ2) is 15.1. The summed E-state index contributed by atoms with van der Waals surface area (Å²) >= 11 is 0. The lowest BCUT2D eigenvalue weighted by molar-refractivity contribution is -0.139. The molecule has 7 nitrogen and oxygen atoms in total. The van der Waals surface area contributed by atoms with Crippen LogP contribution in [0, 0.1) is 23.5 Å². The van der Waals surface area contributed by atoms with Crippen molar-refractivity contribution in [2.45, 2.75) is 78.0 Å². The Balaban J connectivity index is 1.49. The van der Waals surface area contributed by atoms with E-state index in [4.69, 9.17) is 4.74 Å². The Labute approximate surface area is 242 Å². The van der Waals surface area contributed by atoms with Crippen LogP contribution in [0.15, 0.2) is 42.5 Å². The molecule has 0 saturated heterocycles. The van der Waals surface area contributed by atoms with Crippen molar-refractivity contribution < 1.29 is 27.9 Å². The molecule has 9 heteroatoms. The summed E-state index contributed by atoms with van der Waals surface area (Å²) in [6.07, 6.45) is 3.10. The van der Waals surface area contributed by atoms with Gasteiger partial charge in [0.2, 0.25) is 11.8 Å². The summed E-state index contributed by atoms with van der Waals surface area (Å²) in [6.45, 7) is 7.61. The average molecular weight is 572 g/mol. The van der Waals surface area contributed by atoms with Crippen LogP contribution in [0.1, 0.15) is 58.1 Å². The van der Waals surface area contributed by atoms with Gasteiger partial charge in [-0.05, 0) is 88.1 Å². The highest BCUT2D eigenvalue weighted by Gasteiger charge is 2.39. The van der Waals surface area contributed by atoms with Crippen molar-refractivity contribution in [3.8, 4) is 5.75 Å². The SMILES string of the molecule is CC(=O)[C@@H](C)N(C)C(=O)[C@@H](NC[C@@H](C)Oc1c(F)cccc1CCCNC(=O)[C@H](C)Cc1ccc(F)cc1)C1CC1. The Hall–Kier alpha value is -3.33. The normalized spacial score (nSPS) is 15.9. The minimum atomic E-state index is -0.497. The lowest BCUT2D eigenvalue weighted by Gasteiger charge is -2.29. The molecule has 41 heavy (non-hydrogen) atoms. The zero-order valence-electron chi connectivity index (χ0n) is 24.7. The van der Waals surface area contributed by atoms with Crippen LogP contribution in [0.4, 0.5) is 8.78 Å². The molecule has 0 unspecified atom stereocenters. The topological polar surface area (TPSA) is 87.7 Å². The predicted molar refractivity (Wildman–Crippen MR) is 155 cm³/mol. The molecule has 1 aliphatic rings. The number of para-hydroxylation sites is 1. The Morgan fingerprint density at radius 1 is 1.05 bits per heavy atom. The Kier molecular flexibility index (Phi) is 11.8. The van der Waals surface area contributed by atoms with Crippen LogP contribution in [0.5, 0.6) is 5.75 Å². The molecule has 4 atom stereocenters. The summed E-state index contributed by atoms with van der Waals surface area (Å²) in [5, 5.41) is 6.22. The fourth-order valence-electron chi connectivity index (χ4n) is 4.72. The van der Waals surface area contributed by atoms with E-state index in [2.05, 4.69) is 10.6 Å². The molecule has 2 aromatic rings.